The Morgan fingerprint density at radius 1 is 1.23 bits per heavy atom. The standard InChI is InChI=1S/C23H24N4O2S/c1-14(2)16-5-3-15(4-6-16)12-25-27-20(13-30-23(27)26-18-8-9-18)17-7-10-21(28)19(11-17)22(24)29/h3-7,10-14,18,28H,8-9H2,1-2H3,(H2,24,29)/b25-12-,26-23?. The molecule has 0 unspecified atom stereocenters. The van der Waals surface area contributed by atoms with E-state index in [4.69, 9.17) is 15.8 Å². The number of aromatic hydroxyl groups is 1. The Kier molecular flexibility index (Phi) is 5.55. The number of rotatable bonds is 6. The van der Waals surface area contributed by atoms with E-state index in [9.17, 15) is 9.90 Å². The van der Waals surface area contributed by atoms with Crippen LogP contribution >= 0.6 is 11.3 Å². The largest absolute Gasteiger partial charge is 0.507 e. The van der Waals surface area contributed by atoms with Crippen LogP contribution in [0.2, 0.25) is 0 Å². The van der Waals surface area contributed by atoms with Gasteiger partial charge in [-0.05, 0) is 48.1 Å². The molecule has 1 amide bonds. The SMILES string of the molecule is CC(C)c1ccc(/C=N\n2c(-c3ccc(O)c(C(N)=O)c3)csc2=NC2CC2)cc1. The van der Waals surface area contributed by atoms with E-state index in [1.807, 2.05) is 11.6 Å². The lowest BCUT2D eigenvalue weighted by Crippen LogP contribution is -2.14. The van der Waals surface area contributed by atoms with Gasteiger partial charge in [-0.25, -0.2) is 4.68 Å². The lowest BCUT2D eigenvalue weighted by molar-refractivity contribution is 0.0998. The average Bonchev–Trinajstić information content (AvgIpc) is 3.45. The molecule has 1 saturated carbocycles. The van der Waals surface area contributed by atoms with Crippen molar-refractivity contribution in [3.63, 3.8) is 0 Å². The summed E-state index contributed by atoms with van der Waals surface area (Å²) in [4.78, 5) is 17.2. The molecule has 154 valence electrons. The topological polar surface area (TPSA) is 93.0 Å². The summed E-state index contributed by atoms with van der Waals surface area (Å²) < 4.78 is 1.79. The number of carbonyl (C=O) groups excluding carboxylic acids is 1. The van der Waals surface area contributed by atoms with Crippen molar-refractivity contribution in [2.24, 2.45) is 15.8 Å². The molecule has 0 saturated heterocycles. The van der Waals surface area contributed by atoms with Crippen molar-refractivity contribution in [1.82, 2.24) is 4.68 Å². The summed E-state index contributed by atoms with van der Waals surface area (Å²) >= 11 is 1.50. The third-order valence-electron chi connectivity index (χ3n) is 5.01. The van der Waals surface area contributed by atoms with Crippen LogP contribution < -0.4 is 10.5 Å². The molecule has 30 heavy (non-hydrogen) atoms. The molecule has 0 bridgehead atoms. The highest BCUT2D eigenvalue weighted by atomic mass is 32.1. The maximum Gasteiger partial charge on any atom is 0.252 e. The Balaban J connectivity index is 1.75. The molecule has 2 aromatic carbocycles. The Bertz CT molecular complexity index is 1170. The van der Waals surface area contributed by atoms with Crippen molar-refractivity contribution in [2.75, 3.05) is 0 Å². The molecule has 1 fully saturated rings. The van der Waals surface area contributed by atoms with Gasteiger partial charge in [0.1, 0.15) is 5.75 Å². The number of carbonyl (C=O) groups is 1. The van der Waals surface area contributed by atoms with Crippen LogP contribution in [0.5, 0.6) is 5.75 Å². The third kappa shape index (κ3) is 4.36. The number of thiazole rings is 1. The fourth-order valence-corrected chi connectivity index (χ4v) is 3.95. The zero-order valence-corrected chi connectivity index (χ0v) is 17.8. The molecule has 0 atom stereocenters. The molecule has 0 spiro atoms. The van der Waals surface area contributed by atoms with E-state index in [-0.39, 0.29) is 11.3 Å². The molecule has 7 heteroatoms. The van der Waals surface area contributed by atoms with Gasteiger partial charge in [-0.15, -0.1) is 11.3 Å². The molecular weight excluding hydrogens is 396 g/mol. The molecule has 6 nitrogen and oxygen atoms in total. The van der Waals surface area contributed by atoms with Gasteiger partial charge in [0.2, 0.25) is 4.80 Å². The molecule has 4 rings (SSSR count). The smallest absolute Gasteiger partial charge is 0.252 e. The van der Waals surface area contributed by atoms with Crippen LogP contribution in [0.15, 0.2) is 57.9 Å². The van der Waals surface area contributed by atoms with Crippen molar-refractivity contribution in [1.29, 1.82) is 0 Å². The molecule has 1 aliphatic rings. The third-order valence-corrected chi connectivity index (χ3v) is 5.84. The van der Waals surface area contributed by atoms with Crippen LogP contribution in [-0.2, 0) is 0 Å². The summed E-state index contributed by atoms with van der Waals surface area (Å²) in [5.41, 5.74) is 9.28. The second-order valence-corrected chi connectivity index (χ2v) is 8.57. The minimum atomic E-state index is -0.673. The Morgan fingerprint density at radius 3 is 2.60 bits per heavy atom. The zero-order valence-electron chi connectivity index (χ0n) is 16.9. The minimum Gasteiger partial charge on any atom is -0.507 e. The van der Waals surface area contributed by atoms with E-state index in [1.54, 1.807) is 16.8 Å². The maximum absolute atomic E-state index is 11.6. The van der Waals surface area contributed by atoms with Crippen LogP contribution in [0.4, 0.5) is 0 Å². The zero-order chi connectivity index (χ0) is 21.3. The van der Waals surface area contributed by atoms with E-state index >= 15 is 0 Å². The molecule has 1 heterocycles. The Labute approximate surface area is 179 Å². The summed E-state index contributed by atoms with van der Waals surface area (Å²) in [5.74, 6) is -0.329. The monoisotopic (exact) mass is 420 g/mol. The fraction of sp³-hybridized carbons (Fsp3) is 0.261. The second-order valence-electron chi connectivity index (χ2n) is 7.74. The number of hydrogen-bond acceptors (Lipinski definition) is 5. The van der Waals surface area contributed by atoms with Crippen LogP contribution in [0.3, 0.4) is 0 Å². The number of hydrogen-bond donors (Lipinski definition) is 2. The predicted octanol–water partition coefficient (Wildman–Crippen LogP) is 4.09. The molecule has 1 aromatic heterocycles. The molecular formula is C23H24N4O2S. The van der Waals surface area contributed by atoms with Gasteiger partial charge in [0.05, 0.1) is 23.5 Å². The van der Waals surface area contributed by atoms with Crippen LogP contribution in [0.1, 0.15) is 54.1 Å². The minimum absolute atomic E-state index is 0.0826. The van der Waals surface area contributed by atoms with Crippen LogP contribution in [-0.4, -0.2) is 27.9 Å². The number of nitrogens with zero attached hydrogens (tertiary/aromatic N) is 3. The summed E-state index contributed by atoms with van der Waals surface area (Å²) in [6.07, 6.45) is 4.00. The first-order valence-electron chi connectivity index (χ1n) is 9.94. The number of aromatic nitrogens is 1. The molecule has 3 N–H and O–H groups in total. The van der Waals surface area contributed by atoms with E-state index < -0.39 is 5.91 Å². The predicted molar refractivity (Wildman–Crippen MR) is 120 cm³/mol. The highest BCUT2D eigenvalue weighted by Gasteiger charge is 2.21. The fourth-order valence-electron chi connectivity index (χ4n) is 3.04. The van der Waals surface area contributed by atoms with Gasteiger partial charge in [-0.2, -0.15) is 5.10 Å². The second kappa shape index (κ2) is 8.28. The van der Waals surface area contributed by atoms with Crippen molar-refractivity contribution in [3.8, 4) is 17.0 Å². The highest BCUT2D eigenvalue weighted by molar-refractivity contribution is 7.07. The number of primary amides is 1. The molecule has 3 aromatic rings. The Morgan fingerprint density at radius 2 is 1.97 bits per heavy atom. The van der Waals surface area contributed by atoms with Crippen LogP contribution in [0.25, 0.3) is 11.3 Å². The lowest BCUT2D eigenvalue weighted by atomic mass is 10.0. The van der Waals surface area contributed by atoms with Crippen LogP contribution in [0, 0.1) is 0 Å². The van der Waals surface area contributed by atoms with Gasteiger partial charge in [0, 0.05) is 10.9 Å². The van der Waals surface area contributed by atoms with Crippen molar-refractivity contribution in [3.05, 3.63) is 69.3 Å². The van der Waals surface area contributed by atoms with E-state index in [2.05, 4.69) is 38.1 Å². The summed E-state index contributed by atoms with van der Waals surface area (Å²) in [7, 11) is 0. The number of amides is 1. The van der Waals surface area contributed by atoms with Gasteiger partial charge in [0.15, 0.2) is 0 Å². The number of benzene rings is 2. The molecule has 1 aliphatic carbocycles. The van der Waals surface area contributed by atoms with Gasteiger partial charge < -0.3 is 10.8 Å². The Hall–Kier alpha value is -3.19. The van der Waals surface area contributed by atoms with E-state index in [1.165, 1.54) is 23.0 Å². The van der Waals surface area contributed by atoms with Crippen molar-refractivity contribution < 1.29 is 9.90 Å². The first-order valence-corrected chi connectivity index (χ1v) is 10.8. The van der Waals surface area contributed by atoms with E-state index in [0.29, 0.717) is 12.0 Å². The first kappa shape index (κ1) is 20.1. The first-order chi connectivity index (χ1) is 14.4. The maximum atomic E-state index is 11.6. The summed E-state index contributed by atoms with van der Waals surface area (Å²) in [6, 6.07) is 13.5. The normalized spacial score (nSPS) is 14.7. The van der Waals surface area contributed by atoms with Gasteiger partial charge in [-0.3, -0.25) is 9.79 Å². The van der Waals surface area contributed by atoms with E-state index in [0.717, 1.165) is 34.5 Å². The number of phenols is 1. The summed E-state index contributed by atoms with van der Waals surface area (Å²) in [6.45, 7) is 4.33. The highest BCUT2D eigenvalue weighted by Crippen LogP contribution is 2.27. The van der Waals surface area contributed by atoms with Gasteiger partial charge in [-0.1, -0.05) is 38.1 Å². The summed E-state index contributed by atoms with van der Waals surface area (Å²) in [5, 5.41) is 16.6. The molecule has 0 aliphatic heterocycles. The lowest BCUT2D eigenvalue weighted by Gasteiger charge is -2.07. The van der Waals surface area contributed by atoms with Gasteiger partial charge in [0.25, 0.3) is 5.91 Å². The van der Waals surface area contributed by atoms with Crippen molar-refractivity contribution >= 4 is 23.5 Å². The van der Waals surface area contributed by atoms with Gasteiger partial charge >= 0.3 is 0 Å². The van der Waals surface area contributed by atoms with Crippen molar-refractivity contribution in [2.45, 2.75) is 38.6 Å². The average molecular weight is 421 g/mol. The number of nitrogens with two attached hydrogens (primary N) is 1. The molecule has 0 radical (unpaired) electrons. The quantitative estimate of drug-likeness (QED) is 0.588.